The van der Waals surface area contributed by atoms with E-state index >= 15 is 0 Å². The maximum Gasteiger partial charge on any atom is 0.0704 e. The molecule has 4 heteroatoms. The molecule has 1 aromatic rings. The van der Waals surface area contributed by atoms with Crippen LogP contribution in [0.5, 0.6) is 0 Å². The largest absolute Gasteiger partial charge is 0.392 e. The van der Waals surface area contributed by atoms with Gasteiger partial charge in [0.25, 0.3) is 0 Å². The second-order valence-electron chi connectivity index (χ2n) is 5.31. The molecule has 0 atom stereocenters. The van der Waals surface area contributed by atoms with Crippen LogP contribution in [0.15, 0.2) is 24.3 Å². The lowest BCUT2D eigenvalue weighted by molar-refractivity contribution is -0.0158. The fourth-order valence-corrected chi connectivity index (χ4v) is 2.54. The zero-order valence-corrected chi connectivity index (χ0v) is 12.3. The number of benzene rings is 1. The zero-order valence-electron chi connectivity index (χ0n) is 12.3. The average Bonchev–Trinajstić information content (AvgIpc) is 2.50. The van der Waals surface area contributed by atoms with Crippen LogP contribution in [0.3, 0.4) is 0 Å². The van der Waals surface area contributed by atoms with Crippen molar-refractivity contribution in [1.82, 2.24) is 4.90 Å². The maximum absolute atomic E-state index is 9.03. The number of hydrogen-bond donors (Lipinski definition) is 1. The molecule has 0 unspecified atom stereocenters. The molecule has 2 rings (SSSR count). The first-order valence-electron chi connectivity index (χ1n) is 7.33. The predicted molar refractivity (Wildman–Crippen MR) is 78.5 cm³/mol. The summed E-state index contributed by atoms with van der Waals surface area (Å²) in [5.41, 5.74) is 2.28. The maximum atomic E-state index is 9.03. The van der Waals surface area contributed by atoms with Gasteiger partial charge in [0.15, 0.2) is 0 Å². The van der Waals surface area contributed by atoms with E-state index in [2.05, 4.69) is 17.0 Å². The molecule has 20 heavy (non-hydrogen) atoms. The van der Waals surface area contributed by atoms with E-state index in [9.17, 15) is 0 Å². The van der Waals surface area contributed by atoms with Gasteiger partial charge in [0.2, 0.25) is 0 Å². The Kier molecular flexibility index (Phi) is 6.47. The van der Waals surface area contributed by atoms with Crippen molar-refractivity contribution in [2.75, 3.05) is 33.4 Å². The first-order valence-corrected chi connectivity index (χ1v) is 7.33. The van der Waals surface area contributed by atoms with E-state index < -0.39 is 0 Å². The second kappa shape index (κ2) is 8.37. The van der Waals surface area contributed by atoms with Crippen LogP contribution in [-0.4, -0.2) is 49.5 Å². The van der Waals surface area contributed by atoms with Crippen LogP contribution >= 0.6 is 0 Å². The number of methoxy groups -OCH3 is 1. The van der Waals surface area contributed by atoms with E-state index in [-0.39, 0.29) is 6.61 Å². The van der Waals surface area contributed by atoms with Gasteiger partial charge in [-0.05, 0) is 24.0 Å². The number of hydrogen-bond acceptors (Lipinski definition) is 4. The molecule has 0 spiro atoms. The van der Waals surface area contributed by atoms with Gasteiger partial charge >= 0.3 is 0 Å². The predicted octanol–water partition coefficient (Wildman–Crippen LogP) is 1.81. The summed E-state index contributed by atoms with van der Waals surface area (Å²) in [7, 11) is 1.70. The molecule has 0 amide bonds. The summed E-state index contributed by atoms with van der Waals surface area (Å²) in [5, 5.41) is 9.03. The first-order chi connectivity index (χ1) is 9.81. The van der Waals surface area contributed by atoms with Gasteiger partial charge in [0, 0.05) is 26.7 Å². The highest BCUT2D eigenvalue weighted by Crippen LogP contribution is 2.16. The number of nitrogens with zero attached hydrogens (tertiary/aromatic N) is 1. The molecule has 1 saturated heterocycles. The third kappa shape index (κ3) is 4.87. The number of rotatable bonds is 7. The first kappa shape index (κ1) is 15.4. The molecule has 0 aromatic heterocycles. The summed E-state index contributed by atoms with van der Waals surface area (Å²) >= 11 is 0. The molecule has 1 heterocycles. The van der Waals surface area contributed by atoms with E-state index in [1.807, 2.05) is 12.1 Å². The van der Waals surface area contributed by atoms with Crippen LogP contribution in [0.1, 0.15) is 24.0 Å². The number of ether oxygens (including phenoxy) is 2. The molecule has 1 aliphatic heterocycles. The Morgan fingerprint density at radius 1 is 1.10 bits per heavy atom. The normalized spacial score (nSPS) is 17.5. The average molecular weight is 279 g/mol. The van der Waals surface area contributed by atoms with Crippen molar-refractivity contribution in [2.45, 2.75) is 32.1 Å². The second-order valence-corrected chi connectivity index (χ2v) is 5.31. The third-order valence-electron chi connectivity index (χ3n) is 3.79. The van der Waals surface area contributed by atoms with Gasteiger partial charge < -0.3 is 14.6 Å². The molecule has 0 radical (unpaired) electrons. The van der Waals surface area contributed by atoms with Crippen LogP contribution in [0.25, 0.3) is 0 Å². The standard InChI is InChI=1S/C16H25NO3/c1-19-10-11-20-16-6-8-17(9-7-16)12-14-2-4-15(13-18)5-3-14/h2-5,16,18H,6-13H2,1H3. The molecule has 4 nitrogen and oxygen atoms in total. The Balaban J connectivity index is 1.70. The molecular formula is C16H25NO3. The van der Waals surface area contributed by atoms with Crippen molar-refractivity contribution in [1.29, 1.82) is 0 Å². The monoisotopic (exact) mass is 279 g/mol. The quantitative estimate of drug-likeness (QED) is 0.773. The zero-order chi connectivity index (χ0) is 14.2. The van der Waals surface area contributed by atoms with E-state index in [1.165, 1.54) is 5.56 Å². The number of aliphatic hydroxyl groups is 1. The van der Waals surface area contributed by atoms with Gasteiger partial charge in [-0.2, -0.15) is 0 Å². The summed E-state index contributed by atoms with van der Waals surface area (Å²) in [4.78, 5) is 2.46. The van der Waals surface area contributed by atoms with Crippen LogP contribution in [0, 0.1) is 0 Å². The van der Waals surface area contributed by atoms with Gasteiger partial charge in [-0.25, -0.2) is 0 Å². The Morgan fingerprint density at radius 2 is 1.75 bits per heavy atom. The summed E-state index contributed by atoms with van der Waals surface area (Å²) in [6.07, 6.45) is 2.58. The molecule has 0 bridgehead atoms. The van der Waals surface area contributed by atoms with E-state index in [4.69, 9.17) is 14.6 Å². The van der Waals surface area contributed by atoms with E-state index in [0.29, 0.717) is 19.3 Å². The van der Waals surface area contributed by atoms with Gasteiger partial charge in [-0.1, -0.05) is 24.3 Å². The van der Waals surface area contributed by atoms with E-state index in [0.717, 1.165) is 38.0 Å². The van der Waals surface area contributed by atoms with Gasteiger partial charge in [0.05, 0.1) is 25.9 Å². The van der Waals surface area contributed by atoms with Gasteiger partial charge in [-0.15, -0.1) is 0 Å². The third-order valence-corrected chi connectivity index (χ3v) is 3.79. The van der Waals surface area contributed by atoms with Crippen molar-refractivity contribution in [3.05, 3.63) is 35.4 Å². The highest BCUT2D eigenvalue weighted by molar-refractivity contribution is 5.21. The van der Waals surface area contributed by atoms with Gasteiger partial charge in [-0.3, -0.25) is 4.90 Å². The van der Waals surface area contributed by atoms with Crippen LogP contribution in [-0.2, 0) is 22.6 Å². The lowest BCUT2D eigenvalue weighted by Crippen LogP contribution is -2.36. The summed E-state index contributed by atoms with van der Waals surface area (Å²) in [6.45, 7) is 4.64. The summed E-state index contributed by atoms with van der Waals surface area (Å²) < 4.78 is 10.8. The Bertz CT molecular complexity index is 372. The highest BCUT2D eigenvalue weighted by atomic mass is 16.5. The molecular weight excluding hydrogens is 254 g/mol. The van der Waals surface area contributed by atoms with E-state index in [1.54, 1.807) is 7.11 Å². The minimum Gasteiger partial charge on any atom is -0.392 e. The van der Waals surface area contributed by atoms with Crippen molar-refractivity contribution < 1.29 is 14.6 Å². The lowest BCUT2D eigenvalue weighted by Gasteiger charge is -2.31. The number of likely N-dealkylation sites (tertiary alicyclic amines) is 1. The fourth-order valence-electron chi connectivity index (χ4n) is 2.54. The van der Waals surface area contributed by atoms with Crippen molar-refractivity contribution >= 4 is 0 Å². The number of piperidine rings is 1. The Labute approximate surface area is 121 Å². The minimum atomic E-state index is 0.116. The molecule has 0 aliphatic carbocycles. The fraction of sp³-hybridized carbons (Fsp3) is 0.625. The molecule has 1 N–H and O–H groups in total. The lowest BCUT2D eigenvalue weighted by atomic mass is 10.1. The summed E-state index contributed by atoms with van der Waals surface area (Å²) in [5.74, 6) is 0. The van der Waals surface area contributed by atoms with Crippen molar-refractivity contribution in [2.24, 2.45) is 0 Å². The summed E-state index contributed by atoms with van der Waals surface area (Å²) in [6, 6.07) is 8.20. The van der Waals surface area contributed by atoms with Crippen LogP contribution in [0.4, 0.5) is 0 Å². The van der Waals surface area contributed by atoms with Gasteiger partial charge in [0.1, 0.15) is 0 Å². The molecule has 1 fully saturated rings. The SMILES string of the molecule is COCCOC1CCN(Cc2ccc(CO)cc2)CC1. The molecule has 0 saturated carbocycles. The van der Waals surface area contributed by atoms with Crippen LogP contribution in [0.2, 0.25) is 0 Å². The molecule has 1 aromatic carbocycles. The smallest absolute Gasteiger partial charge is 0.0704 e. The highest BCUT2D eigenvalue weighted by Gasteiger charge is 2.19. The Morgan fingerprint density at radius 3 is 2.35 bits per heavy atom. The van der Waals surface area contributed by atoms with Crippen LogP contribution < -0.4 is 0 Å². The number of aliphatic hydroxyl groups excluding tert-OH is 1. The molecule has 112 valence electrons. The van der Waals surface area contributed by atoms with Crippen molar-refractivity contribution in [3.63, 3.8) is 0 Å². The molecule has 1 aliphatic rings. The minimum absolute atomic E-state index is 0.116. The Hall–Kier alpha value is -0.940. The topological polar surface area (TPSA) is 41.9 Å². The van der Waals surface area contributed by atoms with Crippen molar-refractivity contribution in [3.8, 4) is 0 Å².